The van der Waals surface area contributed by atoms with Crippen molar-refractivity contribution in [3.63, 3.8) is 0 Å². The van der Waals surface area contributed by atoms with Crippen LogP contribution in [0.5, 0.6) is 11.5 Å². The number of hydrazone groups is 1. The predicted molar refractivity (Wildman–Crippen MR) is 136 cm³/mol. The van der Waals surface area contributed by atoms with Gasteiger partial charge in [-0.3, -0.25) is 9.59 Å². The Labute approximate surface area is 213 Å². The van der Waals surface area contributed by atoms with Crippen molar-refractivity contribution in [3.05, 3.63) is 88.7 Å². The zero-order valence-electron chi connectivity index (χ0n) is 19.6. The Balaban J connectivity index is 1.35. The third kappa shape index (κ3) is 6.40. The van der Waals surface area contributed by atoms with E-state index in [1.54, 1.807) is 59.5 Å². The molecule has 0 aliphatic carbocycles. The Bertz CT molecular complexity index is 1250. The molecule has 1 atom stereocenters. The first-order valence-corrected chi connectivity index (χ1v) is 11.8. The van der Waals surface area contributed by atoms with Crippen molar-refractivity contribution >= 4 is 35.3 Å². The number of halogens is 2. The Morgan fingerprint density at radius 2 is 1.86 bits per heavy atom. The number of benzene rings is 3. The van der Waals surface area contributed by atoms with Crippen LogP contribution >= 0.6 is 11.6 Å². The fourth-order valence-electron chi connectivity index (χ4n) is 3.75. The molecule has 0 spiro atoms. The minimum atomic E-state index is -0.508. The van der Waals surface area contributed by atoms with Crippen molar-refractivity contribution in [2.24, 2.45) is 11.0 Å². The van der Waals surface area contributed by atoms with Gasteiger partial charge in [0.25, 0.3) is 0 Å². The van der Waals surface area contributed by atoms with Gasteiger partial charge in [0.1, 0.15) is 12.4 Å². The molecule has 0 unspecified atom stereocenters. The molecule has 1 saturated heterocycles. The summed E-state index contributed by atoms with van der Waals surface area (Å²) in [4.78, 5) is 26.5. The van der Waals surface area contributed by atoms with E-state index in [0.29, 0.717) is 34.4 Å². The molecule has 9 heteroatoms. The quantitative estimate of drug-likeness (QED) is 0.326. The molecule has 3 aromatic rings. The first-order chi connectivity index (χ1) is 17.4. The summed E-state index contributed by atoms with van der Waals surface area (Å²) in [5, 5.41) is 4.63. The summed E-state index contributed by atoms with van der Waals surface area (Å²) < 4.78 is 24.6. The zero-order valence-corrected chi connectivity index (χ0v) is 20.4. The van der Waals surface area contributed by atoms with E-state index in [1.807, 2.05) is 6.92 Å². The van der Waals surface area contributed by atoms with E-state index in [1.165, 1.54) is 18.3 Å². The van der Waals surface area contributed by atoms with Crippen LogP contribution in [0.25, 0.3) is 0 Å². The standard InChI is InChI=1S/C27H25ClFN3O4/c1-2-35-25-13-19(5-12-24(25)36-17-18-3-8-22(29)9-4-18)15-30-31-27(34)20-14-26(33)32(16-20)23-10-6-21(28)7-11-23/h3-13,15,20H,2,14,16-17H2,1H3,(H,31,34)/b30-15-/t20-/m1/s1. The molecule has 3 aromatic carbocycles. The van der Waals surface area contributed by atoms with Crippen molar-refractivity contribution in [2.45, 2.75) is 20.0 Å². The monoisotopic (exact) mass is 509 g/mol. The van der Waals surface area contributed by atoms with Gasteiger partial charge in [-0.05, 0) is 72.6 Å². The lowest BCUT2D eigenvalue weighted by Crippen LogP contribution is -2.30. The highest BCUT2D eigenvalue weighted by atomic mass is 35.5. The zero-order chi connectivity index (χ0) is 25.5. The molecule has 7 nitrogen and oxygen atoms in total. The fraction of sp³-hybridized carbons (Fsp3) is 0.222. The Kier molecular flexibility index (Phi) is 8.17. The smallest absolute Gasteiger partial charge is 0.245 e. The molecular formula is C27H25ClFN3O4. The van der Waals surface area contributed by atoms with Gasteiger partial charge in [0.15, 0.2) is 11.5 Å². The first kappa shape index (κ1) is 25.2. The molecule has 0 bridgehead atoms. The lowest BCUT2D eigenvalue weighted by Gasteiger charge is -2.16. The second kappa shape index (κ2) is 11.7. The number of nitrogens with zero attached hydrogens (tertiary/aromatic N) is 2. The maximum Gasteiger partial charge on any atom is 0.245 e. The van der Waals surface area contributed by atoms with E-state index in [9.17, 15) is 14.0 Å². The summed E-state index contributed by atoms with van der Waals surface area (Å²) in [5.74, 6) is -0.210. The van der Waals surface area contributed by atoms with Crippen molar-refractivity contribution in [1.29, 1.82) is 0 Å². The van der Waals surface area contributed by atoms with Gasteiger partial charge in [-0.2, -0.15) is 5.10 Å². The van der Waals surface area contributed by atoms with Gasteiger partial charge in [0.2, 0.25) is 11.8 Å². The van der Waals surface area contributed by atoms with Crippen molar-refractivity contribution in [2.75, 3.05) is 18.1 Å². The van der Waals surface area contributed by atoms with Crippen LogP contribution < -0.4 is 19.8 Å². The van der Waals surface area contributed by atoms with Crippen LogP contribution in [0.1, 0.15) is 24.5 Å². The maximum absolute atomic E-state index is 13.1. The second-order valence-corrected chi connectivity index (χ2v) is 8.61. The highest BCUT2D eigenvalue weighted by Gasteiger charge is 2.35. The number of amides is 2. The van der Waals surface area contributed by atoms with Crippen LogP contribution in [0.4, 0.5) is 10.1 Å². The number of carbonyl (C=O) groups is 2. The average molecular weight is 510 g/mol. The van der Waals surface area contributed by atoms with Gasteiger partial charge in [-0.25, -0.2) is 9.82 Å². The molecule has 1 N–H and O–H groups in total. The van der Waals surface area contributed by atoms with Crippen LogP contribution in [0.2, 0.25) is 5.02 Å². The summed E-state index contributed by atoms with van der Waals surface area (Å²) in [5.41, 5.74) is 4.74. The second-order valence-electron chi connectivity index (χ2n) is 8.17. The number of ether oxygens (including phenoxy) is 2. The van der Waals surface area contributed by atoms with Gasteiger partial charge in [0, 0.05) is 23.7 Å². The third-order valence-electron chi connectivity index (χ3n) is 5.60. The number of anilines is 1. The van der Waals surface area contributed by atoms with Gasteiger partial charge in [0.05, 0.1) is 18.7 Å². The number of nitrogens with one attached hydrogen (secondary N) is 1. The van der Waals surface area contributed by atoms with Crippen molar-refractivity contribution in [1.82, 2.24) is 5.43 Å². The molecule has 1 fully saturated rings. The van der Waals surface area contributed by atoms with Gasteiger partial charge < -0.3 is 14.4 Å². The predicted octanol–water partition coefficient (Wildman–Crippen LogP) is 4.96. The highest BCUT2D eigenvalue weighted by molar-refractivity contribution is 6.30. The molecule has 0 radical (unpaired) electrons. The minimum absolute atomic E-state index is 0.110. The molecule has 0 aromatic heterocycles. The van der Waals surface area contributed by atoms with Gasteiger partial charge in [-0.15, -0.1) is 0 Å². The molecule has 2 amide bonds. The normalized spacial score (nSPS) is 15.4. The van der Waals surface area contributed by atoms with Crippen molar-refractivity contribution in [3.8, 4) is 11.5 Å². The van der Waals surface area contributed by atoms with Crippen LogP contribution in [0, 0.1) is 11.7 Å². The molecule has 1 aliphatic heterocycles. The van der Waals surface area contributed by atoms with E-state index in [2.05, 4.69) is 10.5 Å². The van der Waals surface area contributed by atoms with E-state index >= 15 is 0 Å². The van der Waals surface area contributed by atoms with Crippen LogP contribution in [-0.4, -0.2) is 31.2 Å². The summed E-state index contributed by atoms with van der Waals surface area (Å²) in [6.07, 6.45) is 1.61. The Hall–Kier alpha value is -3.91. The summed E-state index contributed by atoms with van der Waals surface area (Å²) in [7, 11) is 0. The van der Waals surface area contributed by atoms with Crippen LogP contribution in [-0.2, 0) is 16.2 Å². The molecule has 1 heterocycles. The molecule has 0 saturated carbocycles. The minimum Gasteiger partial charge on any atom is -0.490 e. The Morgan fingerprint density at radius 1 is 1.11 bits per heavy atom. The lowest BCUT2D eigenvalue weighted by molar-refractivity contribution is -0.126. The van der Waals surface area contributed by atoms with E-state index in [-0.39, 0.29) is 37.2 Å². The largest absolute Gasteiger partial charge is 0.490 e. The maximum atomic E-state index is 13.1. The topological polar surface area (TPSA) is 80.2 Å². The molecule has 36 heavy (non-hydrogen) atoms. The van der Waals surface area contributed by atoms with Crippen molar-refractivity contribution < 1.29 is 23.5 Å². The molecular weight excluding hydrogens is 485 g/mol. The molecule has 1 aliphatic rings. The highest BCUT2D eigenvalue weighted by Crippen LogP contribution is 2.29. The van der Waals surface area contributed by atoms with E-state index in [4.69, 9.17) is 21.1 Å². The summed E-state index contributed by atoms with van der Waals surface area (Å²) in [6.45, 7) is 2.83. The van der Waals surface area contributed by atoms with E-state index in [0.717, 1.165) is 5.56 Å². The van der Waals surface area contributed by atoms with E-state index < -0.39 is 5.92 Å². The molecule has 4 rings (SSSR count). The van der Waals surface area contributed by atoms with Crippen LogP contribution in [0.15, 0.2) is 71.8 Å². The lowest BCUT2D eigenvalue weighted by atomic mass is 10.1. The fourth-order valence-corrected chi connectivity index (χ4v) is 3.88. The average Bonchev–Trinajstić information content (AvgIpc) is 3.27. The molecule has 186 valence electrons. The summed E-state index contributed by atoms with van der Waals surface area (Å²) in [6, 6.07) is 18.3. The van der Waals surface area contributed by atoms with Gasteiger partial charge >= 0.3 is 0 Å². The number of rotatable bonds is 9. The summed E-state index contributed by atoms with van der Waals surface area (Å²) >= 11 is 5.91. The van der Waals surface area contributed by atoms with Crippen LogP contribution in [0.3, 0.4) is 0 Å². The third-order valence-corrected chi connectivity index (χ3v) is 5.85. The number of hydrogen-bond acceptors (Lipinski definition) is 5. The first-order valence-electron chi connectivity index (χ1n) is 11.5. The number of hydrogen-bond donors (Lipinski definition) is 1. The SMILES string of the molecule is CCOc1cc(/C=N\NC(=O)[C@@H]2CC(=O)N(c3ccc(Cl)cc3)C2)ccc1OCc1ccc(F)cc1. The Morgan fingerprint density at radius 3 is 2.58 bits per heavy atom. The van der Waals surface area contributed by atoms with Gasteiger partial charge in [-0.1, -0.05) is 23.7 Å². The number of carbonyl (C=O) groups excluding carboxylic acids is 2.